The summed E-state index contributed by atoms with van der Waals surface area (Å²) in [6, 6.07) is 7.93. The molecule has 5 nitrogen and oxygen atoms in total. The van der Waals surface area contributed by atoms with Gasteiger partial charge >= 0.3 is 0 Å². The highest BCUT2D eigenvalue weighted by Crippen LogP contribution is 2.31. The van der Waals surface area contributed by atoms with Crippen LogP contribution >= 0.6 is 9.39 Å². The van der Waals surface area contributed by atoms with E-state index in [-0.39, 0.29) is 0 Å². The summed E-state index contributed by atoms with van der Waals surface area (Å²) in [5, 5.41) is 0. The van der Waals surface area contributed by atoms with Crippen LogP contribution in [-0.4, -0.2) is 68.2 Å². The fourth-order valence-electron chi connectivity index (χ4n) is 3.23. The molecule has 1 aliphatic carbocycles. The lowest BCUT2D eigenvalue weighted by atomic mass is 9.84. The zero-order valence-corrected chi connectivity index (χ0v) is 16.4. The zero-order valence-electron chi connectivity index (χ0n) is 15.2. The smallest absolute Gasteiger partial charge is 0.119 e. The minimum absolute atomic E-state index is 0.397. The maximum Gasteiger partial charge on any atom is 0.119 e. The largest absolute Gasteiger partial charge is 0.491 e. The monoisotopic (exact) mass is 366 g/mol. The SMILES string of the molecule is CC1CC(Oc2ccc(OCCOCCN3CCN(P)CC3)cc2)C1. The lowest BCUT2D eigenvalue weighted by Gasteiger charge is -2.32. The molecule has 1 heterocycles. The molecule has 1 aliphatic heterocycles. The summed E-state index contributed by atoms with van der Waals surface area (Å²) in [5.74, 6) is 2.61. The number of piperazine rings is 1. The van der Waals surface area contributed by atoms with E-state index in [1.165, 1.54) is 12.8 Å². The van der Waals surface area contributed by atoms with E-state index < -0.39 is 0 Å². The third-order valence-electron chi connectivity index (χ3n) is 4.91. The lowest BCUT2D eigenvalue weighted by Crippen LogP contribution is -2.43. The highest BCUT2D eigenvalue weighted by molar-refractivity contribution is 7.13. The number of benzene rings is 1. The first-order valence-electron chi connectivity index (χ1n) is 9.38. The number of hydrogen-bond acceptors (Lipinski definition) is 5. The Labute approximate surface area is 153 Å². The van der Waals surface area contributed by atoms with Crippen molar-refractivity contribution in [3.8, 4) is 11.5 Å². The van der Waals surface area contributed by atoms with Crippen LogP contribution in [0.2, 0.25) is 0 Å². The first-order valence-corrected chi connectivity index (χ1v) is 9.90. The molecular formula is C19H31N2O3P. The van der Waals surface area contributed by atoms with Crippen LogP contribution in [0.15, 0.2) is 24.3 Å². The van der Waals surface area contributed by atoms with Crippen LogP contribution in [-0.2, 0) is 4.74 Å². The predicted octanol–water partition coefficient (Wildman–Crippen LogP) is 2.67. The van der Waals surface area contributed by atoms with Gasteiger partial charge in [-0.3, -0.25) is 9.57 Å². The molecule has 0 aromatic heterocycles. The van der Waals surface area contributed by atoms with Crippen molar-refractivity contribution in [2.45, 2.75) is 25.9 Å². The van der Waals surface area contributed by atoms with Gasteiger partial charge in [-0.05, 0) is 43.0 Å². The first-order chi connectivity index (χ1) is 12.2. The maximum absolute atomic E-state index is 5.91. The molecule has 1 atom stereocenters. The summed E-state index contributed by atoms with van der Waals surface area (Å²) in [4.78, 5) is 2.45. The van der Waals surface area contributed by atoms with Crippen molar-refractivity contribution in [1.82, 2.24) is 9.57 Å². The van der Waals surface area contributed by atoms with Gasteiger partial charge in [-0.2, -0.15) is 0 Å². The number of nitrogens with zero attached hydrogens (tertiary/aromatic N) is 2. The van der Waals surface area contributed by atoms with Gasteiger partial charge in [0.25, 0.3) is 0 Å². The summed E-state index contributed by atoms with van der Waals surface area (Å²) in [5.41, 5.74) is 0. The van der Waals surface area contributed by atoms with Crippen molar-refractivity contribution in [3.05, 3.63) is 24.3 Å². The molecule has 1 saturated carbocycles. The van der Waals surface area contributed by atoms with Crippen LogP contribution < -0.4 is 9.47 Å². The van der Waals surface area contributed by atoms with E-state index in [2.05, 4.69) is 25.9 Å². The maximum atomic E-state index is 5.91. The molecule has 25 heavy (non-hydrogen) atoms. The van der Waals surface area contributed by atoms with Crippen LogP contribution in [0.5, 0.6) is 11.5 Å². The molecule has 3 rings (SSSR count). The highest BCUT2D eigenvalue weighted by atomic mass is 31.0. The Kier molecular flexibility index (Phi) is 7.35. The van der Waals surface area contributed by atoms with Gasteiger partial charge in [0, 0.05) is 32.7 Å². The molecule has 6 heteroatoms. The Hall–Kier alpha value is -0.870. The molecule has 140 valence electrons. The molecule has 0 radical (unpaired) electrons. The van der Waals surface area contributed by atoms with Gasteiger partial charge in [0.15, 0.2) is 0 Å². The standard InChI is InChI=1S/C19H31N2O3P/c1-16-14-19(15-16)24-18-4-2-17(3-5-18)23-13-12-22-11-10-20-6-8-21(25)9-7-20/h2-5,16,19H,6-15,25H2,1H3. The molecule has 0 amide bonds. The van der Waals surface area contributed by atoms with E-state index in [4.69, 9.17) is 14.2 Å². The molecular weight excluding hydrogens is 335 g/mol. The molecule has 1 aromatic carbocycles. The second kappa shape index (κ2) is 9.72. The van der Waals surface area contributed by atoms with Crippen molar-refractivity contribution in [3.63, 3.8) is 0 Å². The van der Waals surface area contributed by atoms with Crippen molar-refractivity contribution < 1.29 is 14.2 Å². The summed E-state index contributed by atoms with van der Waals surface area (Å²) in [6.45, 7) is 9.73. The van der Waals surface area contributed by atoms with Crippen LogP contribution in [0, 0.1) is 5.92 Å². The third kappa shape index (κ3) is 6.41. The highest BCUT2D eigenvalue weighted by Gasteiger charge is 2.26. The second-order valence-corrected chi connectivity index (χ2v) is 7.86. The quantitative estimate of drug-likeness (QED) is 0.496. The van der Waals surface area contributed by atoms with Gasteiger partial charge in [0.05, 0.1) is 19.3 Å². The Morgan fingerprint density at radius 1 is 0.960 bits per heavy atom. The fourth-order valence-corrected chi connectivity index (χ4v) is 3.46. The van der Waals surface area contributed by atoms with Gasteiger partial charge < -0.3 is 14.2 Å². The fraction of sp³-hybridized carbons (Fsp3) is 0.684. The van der Waals surface area contributed by atoms with E-state index in [9.17, 15) is 0 Å². The Morgan fingerprint density at radius 3 is 2.32 bits per heavy atom. The van der Waals surface area contributed by atoms with E-state index in [1.54, 1.807) is 0 Å². The minimum Gasteiger partial charge on any atom is -0.491 e. The van der Waals surface area contributed by atoms with Crippen LogP contribution in [0.25, 0.3) is 0 Å². The zero-order chi connectivity index (χ0) is 17.5. The Balaban J connectivity index is 1.23. The lowest BCUT2D eigenvalue weighted by molar-refractivity contribution is 0.0711. The summed E-state index contributed by atoms with van der Waals surface area (Å²) in [6.07, 6.45) is 2.74. The average molecular weight is 366 g/mol. The Bertz CT molecular complexity index is 500. The summed E-state index contributed by atoms with van der Waals surface area (Å²) in [7, 11) is 2.77. The van der Waals surface area contributed by atoms with Gasteiger partial charge in [-0.25, -0.2) is 0 Å². The predicted molar refractivity (Wildman–Crippen MR) is 103 cm³/mol. The second-order valence-electron chi connectivity index (χ2n) is 7.13. The number of hydrogen-bond donors (Lipinski definition) is 0. The van der Waals surface area contributed by atoms with Crippen LogP contribution in [0.3, 0.4) is 0 Å². The van der Waals surface area contributed by atoms with E-state index in [1.807, 2.05) is 24.3 Å². The van der Waals surface area contributed by atoms with Gasteiger partial charge in [-0.1, -0.05) is 16.3 Å². The molecule has 0 spiro atoms. The van der Waals surface area contributed by atoms with E-state index >= 15 is 0 Å². The van der Waals surface area contributed by atoms with E-state index in [0.717, 1.165) is 56.7 Å². The summed E-state index contributed by atoms with van der Waals surface area (Å²) >= 11 is 0. The normalized spacial score (nSPS) is 24.7. The Morgan fingerprint density at radius 2 is 1.64 bits per heavy atom. The molecule has 2 aliphatic rings. The summed E-state index contributed by atoms with van der Waals surface area (Å²) < 4.78 is 19.6. The molecule has 1 unspecified atom stereocenters. The number of rotatable bonds is 9. The first kappa shape index (κ1) is 18.9. The molecule has 2 fully saturated rings. The average Bonchev–Trinajstić information content (AvgIpc) is 2.59. The van der Waals surface area contributed by atoms with Gasteiger partial charge in [0.2, 0.25) is 0 Å². The van der Waals surface area contributed by atoms with E-state index in [0.29, 0.717) is 19.3 Å². The topological polar surface area (TPSA) is 34.2 Å². The molecule has 1 saturated heterocycles. The minimum atomic E-state index is 0.397. The van der Waals surface area contributed by atoms with Crippen molar-refractivity contribution in [2.75, 3.05) is 52.5 Å². The molecule has 0 bridgehead atoms. The third-order valence-corrected chi connectivity index (χ3v) is 5.43. The molecule has 1 aromatic rings. The van der Waals surface area contributed by atoms with Crippen molar-refractivity contribution >= 4 is 9.39 Å². The van der Waals surface area contributed by atoms with Crippen molar-refractivity contribution in [1.29, 1.82) is 0 Å². The van der Waals surface area contributed by atoms with Gasteiger partial charge in [-0.15, -0.1) is 0 Å². The molecule has 0 N–H and O–H groups in total. The number of ether oxygens (including phenoxy) is 3. The van der Waals surface area contributed by atoms with Crippen LogP contribution in [0.1, 0.15) is 19.8 Å². The van der Waals surface area contributed by atoms with Crippen molar-refractivity contribution in [2.24, 2.45) is 5.92 Å². The van der Waals surface area contributed by atoms with Crippen LogP contribution in [0.4, 0.5) is 0 Å². The van der Waals surface area contributed by atoms with Gasteiger partial charge in [0.1, 0.15) is 18.1 Å².